The normalized spacial score (nSPS) is 10.4. The number of nitrogens with two attached hydrogens (primary N) is 1. The highest BCUT2D eigenvalue weighted by molar-refractivity contribution is 6.31. The number of hydrogen-bond donors (Lipinski definition) is 1. The molecule has 0 aliphatic heterocycles. The number of halogens is 1. The molecule has 0 amide bonds. The van der Waals surface area contributed by atoms with Crippen LogP contribution in [-0.2, 0) is 0 Å². The van der Waals surface area contributed by atoms with Crippen molar-refractivity contribution in [2.45, 2.75) is 0 Å². The molecule has 0 aliphatic carbocycles. The van der Waals surface area contributed by atoms with Crippen LogP contribution in [0.3, 0.4) is 0 Å². The van der Waals surface area contributed by atoms with E-state index in [1.54, 1.807) is 18.3 Å². The lowest BCUT2D eigenvalue weighted by molar-refractivity contribution is 1.24. The van der Waals surface area contributed by atoms with Gasteiger partial charge in [-0.25, -0.2) is 9.97 Å². The first-order valence-corrected chi connectivity index (χ1v) is 3.81. The van der Waals surface area contributed by atoms with Gasteiger partial charge < -0.3 is 5.73 Å². The molecular weight excluding hydrogens is 174 g/mol. The van der Waals surface area contributed by atoms with Gasteiger partial charge in [-0.15, -0.1) is 0 Å². The van der Waals surface area contributed by atoms with E-state index in [4.69, 9.17) is 17.3 Å². The first kappa shape index (κ1) is 7.31. The van der Waals surface area contributed by atoms with Crippen LogP contribution >= 0.6 is 11.6 Å². The van der Waals surface area contributed by atoms with Crippen molar-refractivity contribution >= 4 is 28.5 Å². The third-order valence-electron chi connectivity index (χ3n) is 1.56. The molecule has 1 aromatic heterocycles. The second-order valence-electron chi connectivity index (χ2n) is 2.43. The predicted molar refractivity (Wildman–Crippen MR) is 49.0 cm³/mol. The fourth-order valence-electron chi connectivity index (χ4n) is 1.01. The standard InChI is InChI=1S/C8H6ClN3/c9-6-2-1-5-4-11-8(10)12-7(5)3-6/h1-4H,(H2,10,11,12). The van der Waals surface area contributed by atoms with Crippen LogP contribution in [0.25, 0.3) is 10.9 Å². The summed E-state index contributed by atoms with van der Waals surface area (Å²) in [6.07, 6.45) is 1.67. The smallest absolute Gasteiger partial charge is 0.220 e. The van der Waals surface area contributed by atoms with Crippen LogP contribution in [0.2, 0.25) is 5.02 Å². The molecule has 1 heterocycles. The Morgan fingerprint density at radius 3 is 3.00 bits per heavy atom. The molecule has 0 radical (unpaired) electrons. The van der Waals surface area contributed by atoms with Gasteiger partial charge >= 0.3 is 0 Å². The van der Waals surface area contributed by atoms with Crippen LogP contribution in [0, 0.1) is 0 Å². The van der Waals surface area contributed by atoms with E-state index in [0.29, 0.717) is 5.02 Å². The number of nitrogen functional groups attached to an aromatic ring is 1. The van der Waals surface area contributed by atoms with Crippen molar-refractivity contribution in [2.24, 2.45) is 0 Å². The van der Waals surface area contributed by atoms with Crippen molar-refractivity contribution in [3.63, 3.8) is 0 Å². The molecule has 60 valence electrons. The Balaban J connectivity index is 2.80. The molecular formula is C8H6ClN3. The Bertz CT molecular complexity index is 391. The Morgan fingerprint density at radius 2 is 2.17 bits per heavy atom. The van der Waals surface area contributed by atoms with E-state index >= 15 is 0 Å². The average Bonchev–Trinajstić information content (AvgIpc) is 2.03. The number of hydrogen-bond acceptors (Lipinski definition) is 3. The lowest BCUT2D eigenvalue weighted by atomic mass is 10.2. The van der Waals surface area contributed by atoms with Crippen molar-refractivity contribution in [3.05, 3.63) is 29.4 Å². The van der Waals surface area contributed by atoms with Gasteiger partial charge in [0.1, 0.15) is 0 Å². The number of aromatic nitrogens is 2. The summed E-state index contributed by atoms with van der Waals surface area (Å²) in [6.45, 7) is 0. The van der Waals surface area contributed by atoms with Crippen LogP contribution in [0.15, 0.2) is 24.4 Å². The molecule has 0 saturated heterocycles. The summed E-state index contributed by atoms with van der Waals surface area (Å²) in [5.74, 6) is 0.268. The molecule has 0 saturated carbocycles. The molecule has 2 rings (SSSR count). The zero-order valence-electron chi connectivity index (χ0n) is 6.16. The molecule has 12 heavy (non-hydrogen) atoms. The van der Waals surface area contributed by atoms with Crippen LogP contribution in [0.5, 0.6) is 0 Å². The molecule has 0 spiro atoms. The van der Waals surface area contributed by atoms with Crippen LogP contribution in [0.1, 0.15) is 0 Å². The summed E-state index contributed by atoms with van der Waals surface area (Å²) in [5.41, 5.74) is 6.18. The van der Waals surface area contributed by atoms with Crippen molar-refractivity contribution in [3.8, 4) is 0 Å². The van der Waals surface area contributed by atoms with Crippen molar-refractivity contribution < 1.29 is 0 Å². The number of benzene rings is 1. The highest BCUT2D eigenvalue weighted by atomic mass is 35.5. The second-order valence-corrected chi connectivity index (χ2v) is 2.87. The molecule has 0 fully saturated rings. The summed E-state index contributed by atoms with van der Waals surface area (Å²) in [7, 11) is 0. The predicted octanol–water partition coefficient (Wildman–Crippen LogP) is 1.87. The van der Waals surface area contributed by atoms with Gasteiger partial charge in [0.05, 0.1) is 5.52 Å². The van der Waals surface area contributed by atoms with Crippen LogP contribution < -0.4 is 5.73 Å². The van der Waals surface area contributed by atoms with Gasteiger partial charge in [-0.05, 0) is 18.2 Å². The molecule has 0 atom stereocenters. The Labute approximate surface area is 74.2 Å². The third-order valence-corrected chi connectivity index (χ3v) is 1.80. The summed E-state index contributed by atoms with van der Waals surface area (Å²) < 4.78 is 0. The summed E-state index contributed by atoms with van der Waals surface area (Å²) in [4.78, 5) is 7.88. The van der Waals surface area contributed by atoms with Gasteiger partial charge in [-0.2, -0.15) is 0 Å². The molecule has 2 N–H and O–H groups in total. The second kappa shape index (κ2) is 2.60. The summed E-state index contributed by atoms with van der Waals surface area (Å²) >= 11 is 5.77. The maximum atomic E-state index is 5.77. The maximum absolute atomic E-state index is 5.77. The SMILES string of the molecule is Nc1ncc2ccc(Cl)cc2n1. The van der Waals surface area contributed by atoms with Gasteiger partial charge in [0.2, 0.25) is 5.95 Å². The first-order valence-electron chi connectivity index (χ1n) is 3.43. The van der Waals surface area contributed by atoms with Crippen molar-refractivity contribution in [2.75, 3.05) is 5.73 Å². The monoisotopic (exact) mass is 179 g/mol. The van der Waals surface area contributed by atoms with Gasteiger partial charge in [0.15, 0.2) is 0 Å². The topological polar surface area (TPSA) is 51.8 Å². The van der Waals surface area contributed by atoms with E-state index < -0.39 is 0 Å². The third kappa shape index (κ3) is 1.19. The lowest BCUT2D eigenvalue weighted by Gasteiger charge is -1.97. The quantitative estimate of drug-likeness (QED) is 0.672. The molecule has 4 heteroatoms. The number of anilines is 1. The van der Waals surface area contributed by atoms with Gasteiger partial charge in [0, 0.05) is 16.6 Å². The van der Waals surface area contributed by atoms with E-state index in [0.717, 1.165) is 10.9 Å². The summed E-state index contributed by atoms with van der Waals surface area (Å²) in [5, 5.41) is 1.59. The first-order chi connectivity index (χ1) is 5.75. The number of fused-ring (bicyclic) bond motifs is 1. The van der Waals surface area contributed by atoms with Gasteiger partial charge in [0.25, 0.3) is 0 Å². The largest absolute Gasteiger partial charge is 0.368 e. The molecule has 0 bridgehead atoms. The molecule has 2 aromatic rings. The molecule has 0 aliphatic rings. The van der Waals surface area contributed by atoms with E-state index in [1.807, 2.05) is 6.07 Å². The summed E-state index contributed by atoms with van der Waals surface area (Å²) in [6, 6.07) is 5.41. The minimum absolute atomic E-state index is 0.268. The lowest BCUT2D eigenvalue weighted by Crippen LogP contribution is -1.93. The maximum Gasteiger partial charge on any atom is 0.220 e. The number of nitrogens with zero attached hydrogens (tertiary/aromatic N) is 2. The zero-order chi connectivity index (χ0) is 8.55. The fraction of sp³-hybridized carbons (Fsp3) is 0. The highest BCUT2D eigenvalue weighted by Crippen LogP contribution is 2.16. The average molecular weight is 180 g/mol. The fourth-order valence-corrected chi connectivity index (χ4v) is 1.18. The Morgan fingerprint density at radius 1 is 1.33 bits per heavy atom. The number of rotatable bonds is 0. The van der Waals surface area contributed by atoms with Crippen LogP contribution in [0.4, 0.5) is 5.95 Å². The Kier molecular flexibility index (Phi) is 1.59. The van der Waals surface area contributed by atoms with Crippen molar-refractivity contribution in [1.82, 2.24) is 9.97 Å². The van der Waals surface area contributed by atoms with E-state index in [-0.39, 0.29) is 5.95 Å². The minimum Gasteiger partial charge on any atom is -0.368 e. The molecule has 0 unspecified atom stereocenters. The van der Waals surface area contributed by atoms with Gasteiger partial charge in [-0.3, -0.25) is 0 Å². The Hall–Kier alpha value is -1.35. The molecule has 3 nitrogen and oxygen atoms in total. The van der Waals surface area contributed by atoms with Crippen molar-refractivity contribution in [1.29, 1.82) is 0 Å². The van der Waals surface area contributed by atoms with Crippen LogP contribution in [-0.4, -0.2) is 9.97 Å². The zero-order valence-corrected chi connectivity index (χ0v) is 6.92. The highest BCUT2D eigenvalue weighted by Gasteiger charge is 1.96. The van der Waals surface area contributed by atoms with E-state index in [9.17, 15) is 0 Å². The minimum atomic E-state index is 0.268. The van der Waals surface area contributed by atoms with Gasteiger partial charge in [-0.1, -0.05) is 11.6 Å². The molecule has 1 aromatic carbocycles. The van der Waals surface area contributed by atoms with E-state index in [2.05, 4.69) is 9.97 Å². The van der Waals surface area contributed by atoms with E-state index in [1.165, 1.54) is 0 Å².